The molecule has 0 bridgehead atoms. The Kier molecular flexibility index (Phi) is 10.1. The minimum atomic E-state index is 0. The zero-order valence-corrected chi connectivity index (χ0v) is 22.0. The molecule has 0 spiro atoms. The zero-order chi connectivity index (χ0) is 22.2. The lowest BCUT2D eigenvalue weighted by molar-refractivity contribution is 0.0169. The van der Waals surface area contributed by atoms with Crippen LogP contribution < -0.4 is 15.0 Å². The average Bonchev–Trinajstić information content (AvgIpc) is 2.88. The maximum Gasteiger partial charge on any atom is 0.193 e. The van der Waals surface area contributed by atoms with Gasteiger partial charge in [-0.25, -0.2) is 0 Å². The van der Waals surface area contributed by atoms with Crippen molar-refractivity contribution in [2.24, 2.45) is 4.99 Å². The summed E-state index contributed by atoms with van der Waals surface area (Å²) < 4.78 is 10.9. The lowest BCUT2D eigenvalue weighted by atomic mass is 10.0. The molecule has 0 aliphatic carbocycles. The molecular formula is C25H36IN5O2. The van der Waals surface area contributed by atoms with Crippen LogP contribution >= 0.6 is 24.0 Å². The van der Waals surface area contributed by atoms with Crippen molar-refractivity contribution < 1.29 is 9.47 Å². The van der Waals surface area contributed by atoms with Gasteiger partial charge in [0.2, 0.25) is 0 Å². The lowest BCUT2D eigenvalue weighted by Crippen LogP contribution is -2.54. The second kappa shape index (κ2) is 13.0. The Morgan fingerprint density at radius 1 is 0.970 bits per heavy atom. The van der Waals surface area contributed by atoms with E-state index < -0.39 is 0 Å². The molecule has 0 amide bonds. The van der Waals surface area contributed by atoms with Crippen LogP contribution in [-0.4, -0.2) is 88.9 Å². The predicted octanol–water partition coefficient (Wildman–Crippen LogP) is 3.08. The number of aliphatic imine (C=N–C) groups is 1. The Labute approximate surface area is 214 Å². The van der Waals surface area contributed by atoms with E-state index in [9.17, 15) is 0 Å². The van der Waals surface area contributed by atoms with E-state index in [4.69, 9.17) is 9.47 Å². The summed E-state index contributed by atoms with van der Waals surface area (Å²) in [6, 6.07) is 19.4. The Morgan fingerprint density at radius 3 is 2.24 bits per heavy atom. The number of methoxy groups -OCH3 is 1. The third-order valence-corrected chi connectivity index (χ3v) is 6.35. The highest BCUT2D eigenvalue weighted by atomic mass is 127. The quantitative estimate of drug-likeness (QED) is 0.330. The van der Waals surface area contributed by atoms with E-state index in [0.717, 1.165) is 70.7 Å². The van der Waals surface area contributed by atoms with Crippen molar-refractivity contribution in [2.75, 3.05) is 78.1 Å². The normalized spacial score (nSPS) is 18.4. The summed E-state index contributed by atoms with van der Waals surface area (Å²) in [5.41, 5.74) is 2.58. The van der Waals surface area contributed by atoms with Crippen molar-refractivity contribution in [1.29, 1.82) is 0 Å². The van der Waals surface area contributed by atoms with Crippen LogP contribution in [0.25, 0.3) is 0 Å². The molecule has 7 nitrogen and oxygen atoms in total. The van der Waals surface area contributed by atoms with Crippen molar-refractivity contribution in [1.82, 2.24) is 15.1 Å². The van der Waals surface area contributed by atoms with Gasteiger partial charge in [-0.1, -0.05) is 30.3 Å². The number of hydrogen-bond donors (Lipinski definition) is 1. The SMILES string of the molecule is CN=C(NCC(c1ccccc1)N1CCOCC1)N1CCN(c2ccc(OC)cc2)CC1.I. The molecule has 2 saturated heterocycles. The number of nitrogens with one attached hydrogen (secondary N) is 1. The first-order valence-electron chi connectivity index (χ1n) is 11.5. The smallest absolute Gasteiger partial charge is 0.193 e. The van der Waals surface area contributed by atoms with Gasteiger partial charge in [0, 0.05) is 58.5 Å². The molecule has 1 unspecified atom stereocenters. The third kappa shape index (κ3) is 6.74. The number of nitrogens with zero attached hydrogens (tertiary/aromatic N) is 4. The highest BCUT2D eigenvalue weighted by Crippen LogP contribution is 2.22. The van der Waals surface area contributed by atoms with Gasteiger partial charge in [0.05, 0.1) is 26.4 Å². The van der Waals surface area contributed by atoms with Gasteiger partial charge in [-0.15, -0.1) is 24.0 Å². The van der Waals surface area contributed by atoms with E-state index in [0.29, 0.717) is 6.04 Å². The van der Waals surface area contributed by atoms with Crippen LogP contribution in [0.4, 0.5) is 5.69 Å². The Balaban J connectivity index is 0.00000306. The number of guanidine groups is 1. The maximum absolute atomic E-state index is 5.58. The van der Waals surface area contributed by atoms with Crippen LogP contribution in [-0.2, 0) is 4.74 Å². The third-order valence-electron chi connectivity index (χ3n) is 6.35. The summed E-state index contributed by atoms with van der Waals surface area (Å²) in [5.74, 6) is 1.87. The molecule has 2 aliphatic rings. The highest BCUT2D eigenvalue weighted by molar-refractivity contribution is 14.0. The number of anilines is 1. The zero-order valence-electron chi connectivity index (χ0n) is 19.7. The first-order chi connectivity index (χ1) is 15.8. The minimum absolute atomic E-state index is 0. The summed E-state index contributed by atoms with van der Waals surface area (Å²) in [7, 11) is 3.58. The van der Waals surface area contributed by atoms with Crippen molar-refractivity contribution in [2.45, 2.75) is 6.04 Å². The molecule has 2 aromatic carbocycles. The van der Waals surface area contributed by atoms with Crippen molar-refractivity contribution in [3.05, 3.63) is 60.2 Å². The number of hydrogen-bond acceptors (Lipinski definition) is 5. The van der Waals surface area contributed by atoms with Gasteiger partial charge in [-0.3, -0.25) is 9.89 Å². The number of piperazine rings is 1. The van der Waals surface area contributed by atoms with E-state index in [2.05, 4.69) is 67.5 Å². The van der Waals surface area contributed by atoms with Crippen molar-refractivity contribution >= 4 is 35.6 Å². The molecule has 180 valence electrons. The minimum Gasteiger partial charge on any atom is -0.497 e. The molecule has 2 fully saturated rings. The van der Waals surface area contributed by atoms with Crippen molar-refractivity contribution in [3.63, 3.8) is 0 Å². The van der Waals surface area contributed by atoms with Crippen LogP contribution in [0.3, 0.4) is 0 Å². The number of benzene rings is 2. The predicted molar refractivity (Wildman–Crippen MR) is 145 cm³/mol. The van der Waals surface area contributed by atoms with E-state index >= 15 is 0 Å². The van der Waals surface area contributed by atoms with Crippen LogP contribution in [0.15, 0.2) is 59.6 Å². The first kappa shape index (κ1) is 25.6. The summed E-state index contributed by atoms with van der Waals surface area (Å²) in [6.07, 6.45) is 0. The largest absolute Gasteiger partial charge is 0.497 e. The van der Waals surface area contributed by atoms with E-state index in [-0.39, 0.29) is 24.0 Å². The van der Waals surface area contributed by atoms with Gasteiger partial charge in [0.1, 0.15) is 5.75 Å². The number of ether oxygens (including phenoxy) is 2. The van der Waals surface area contributed by atoms with Gasteiger partial charge >= 0.3 is 0 Å². The molecule has 0 radical (unpaired) electrons. The van der Waals surface area contributed by atoms with Gasteiger partial charge < -0.3 is 24.6 Å². The molecule has 4 rings (SSSR count). The summed E-state index contributed by atoms with van der Waals surface area (Å²) in [4.78, 5) is 11.9. The molecule has 1 atom stereocenters. The van der Waals surface area contributed by atoms with Crippen LogP contribution in [0.5, 0.6) is 5.75 Å². The summed E-state index contributed by atoms with van der Waals surface area (Å²) in [6.45, 7) is 8.17. The molecule has 0 saturated carbocycles. The monoisotopic (exact) mass is 565 g/mol. The van der Waals surface area contributed by atoms with E-state index in [1.165, 1.54) is 11.3 Å². The van der Waals surface area contributed by atoms with E-state index in [1.54, 1.807) is 7.11 Å². The van der Waals surface area contributed by atoms with E-state index in [1.807, 2.05) is 19.2 Å². The molecule has 33 heavy (non-hydrogen) atoms. The van der Waals surface area contributed by atoms with Crippen LogP contribution in [0, 0.1) is 0 Å². The van der Waals surface area contributed by atoms with Gasteiger partial charge in [-0.2, -0.15) is 0 Å². The molecular weight excluding hydrogens is 529 g/mol. The fourth-order valence-electron chi connectivity index (χ4n) is 4.51. The lowest BCUT2D eigenvalue weighted by Gasteiger charge is -2.39. The topological polar surface area (TPSA) is 52.6 Å². The van der Waals surface area contributed by atoms with Gasteiger partial charge in [0.15, 0.2) is 5.96 Å². The maximum atomic E-state index is 5.58. The molecule has 8 heteroatoms. The van der Waals surface area contributed by atoms with Gasteiger partial charge in [0.25, 0.3) is 0 Å². The fraction of sp³-hybridized carbons (Fsp3) is 0.480. The number of rotatable bonds is 6. The first-order valence-corrected chi connectivity index (χ1v) is 11.5. The Hall–Kier alpha value is -2.04. The second-order valence-electron chi connectivity index (χ2n) is 8.18. The second-order valence-corrected chi connectivity index (χ2v) is 8.18. The fourth-order valence-corrected chi connectivity index (χ4v) is 4.51. The van der Waals surface area contributed by atoms with Crippen LogP contribution in [0.1, 0.15) is 11.6 Å². The Morgan fingerprint density at radius 2 is 1.64 bits per heavy atom. The molecule has 1 N–H and O–H groups in total. The highest BCUT2D eigenvalue weighted by Gasteiger charge is 2.25. The Bertz CT molecular complexity index is 851. The van der Waals surface area contributed by atoms with Crippen LogP contribution in [0.2, 0.25) is 0 Å². The summed E-state index contributed by atoms with van der Waals surface area (Å²) in [5, 5.41) is 3.66. The van der Waals surface area contributed by atoms with Gasteiger partial charge in [-0.05, 0) is 29.8 Å². The number of halogens is 1. The molecule has 2 heterocycles. The molecule has 2 aromatic rings. The van der Waals surface area contributed by atoms with Crippen molar-refractivity contribution in [3.8, 4) is 5.75 Å². The summed E-state index contributed by atoms with van der Waals surface area (Å²) >= 11 is 0. The number of morpholine rings is 1. The average molecular weight is 566 g/mol. The standard InChI is InChI=1S/C25H35N5O2.HI/c1-26-25(30-14-12-28(13-15-30)22-8-10-23(31-2)11-9-22)27-20-24(21-6-4-3-5-7-21)29-16-18-32-19-17-29;/h3-11,24H,12-20H2,1-2H3,(H,26,27);1H. The molecule has 0 aromatic heterocycles. The molecule has 2 aliphatic heterocycles.